The van der Waals surface area contributed by atoms with Crippen molar-refractivity contribution in [2.45, 2.75) is 25.8 Å². The quantitative estimate of drug-likeness (QED) is 0.650. The van der Waals surface area contributed by atoms with E-state index in [-0.39, 0.29) is 23.2 Å². The van der Waals surface area contributed by atoms with Gasteiger partial charge in [0, 0.05) is 36.3 Å². The largest absolute Gasteiger partial charge is 0.349 e. The number of nitrogens with one attached hydrogen (secondary N) is 1. The molecule has 0 aromatic heterocycles. The van der Waals surface area contributed by atoms with Crippen LogP contribution in [-0.4, -0.2) is 48.9 Å². The van der Waals surface area contributed by atoms with Crippen molar-refractivity contribution in [1.82, 2.24) is 9.62 Å². The second-order valence-corrected chi connectivity index (χ2v) is 7.65. The van der Waals surface area contributed by atoms with Gasteiger partial charge in [-0.15, -0.1) is 0 Å². The van der Waals surface area contributed by atoms with E-state index in [1.54, 1.807) is 19.1 Å². The molecule has 8 nitrogen and oxygen atoms in total. The van der Waals surface area contributed by atoms with E-state index in [1.165, 1.54) is 10.4 Å². The Labute approximate surface area is 134 Å². The predicted molar refractivity (Wildman–Crippen MR) is 84.7 cm³/mol. The fourth-order valence-corrected chi connectivity index (χ4v) is 3.42. The zero-order valence-electron chi connectivity index (χ0n) is 13.0. The summed E-state index contributed by atoms with van der Waals surface area (Å²) < 4.78 is 24.3. The third-order valence-corrected chi connectivity index (χ3v) is 5.23. The second kappa shape index (κ2) is 6.63. The highest BCUT2D eigenvalue weighted by atomic mass is 32.2. The SMILES string of the molecule is Cc1ccc(C(=O)NC2CCN(S(C)(=O)=O)CC2)cc1[N+](=O)[O-]. The molecule has 1 aromatic rings. The third-order valence-electron chi connectivity index (χ3n) is 3.93. The molecule has 23 heavy (non-hydrogen) atoms. The van der Waals surface area contributed by atoms with E-state index in [2.05, 4.69) is 5.32 Å². The van der Waals surface area contributed by atoms with Crippen molar-refractivity contribution in [3.63, 3.8) is 0 Å². The molecule has 0 unspecified atom stereocenters. The third kappa shape index (κ3) is 4.26. The molecule has 0 radical (unpaired) electrons. The van der Waals surface area contributed by atoms with E-state index in [0.717, 1.165) is 6.26 Å². The second-order valence-electron chi connectivity index (χ2n) is 5.67. The molecule has 1 aliphatic rings. The predicted octanol–water partition coefficient (Wildman–Crippen LogP) is 1.06. The first-order chi connectivity index (χ1) is 10.7. The van der Waals surface area contributed by atoms with E-state index < -0.39 is 14.9 Å². The maximum atomic E-state index is 12.2. The number of rotatable bonds is 4. The number of piperidine rings is 1. The fourth-order valence-electron chi connectivity index (χ4n) is 2.55. The first kappa shape index (κ1) is 17.4. The Balaban J connectivity index is 2.01. The zero-order chi connectivity index (χ0) is 17.2. The lowest BCUT2D eigenvalue weighted by Crippen LogP contribution is -2.46. The maximum Gasteiger partial charge on any atom is 0.273 e. The van der Waals surface area contributed by atoms with Gasteiger partial charge in [0.25, 0.3) is 11.6 Å². The normalized spacial score (nSPS) is 17.0. The number of amides is 1. The number of aryl methyl sites for hydroxylation is 1. The molecular weight excluding hydrogens is 322 g/mol. The van der Waals surface area contributed by atoms with Gasteiger partial charge in [0.05, 0.1) is 11.2 Å². The minimum absolute atomic E-state index is 0.0930. The van der Waals surface area contributed by atoms with Crippen molar-refractivity contribution >= 4 is 21.6 Å². The molecule has 1 amide bonds. The van der Waals surface area contributed by atoms with Crippen LogP contribution < -0.4 is 5.32 Å². The summed E-state index contributed by atoms with van der Waals surface area (Å²) in [7, 11) is -3.20. The van der Waals surface area contributed by atoms with Gasteiger partial charge in [-0.25, -0.2) is 12.7 Å². The van der Waals surface area contributed by atoms with Crippen molar-refractivity contribution in [2.75, 3.05) is 19.3 Å². The highest BCUT2D eigenvalue weighted by Crippen LogP contribution is 2.20. The summed E-state index contributed by atoms with van der Waals surface area (Å²) in [5.74, 6) is -0.383. The summed E-state index contributed by atoms with van der Waals surface area (Å²) in [6.45, 7) is 2.33. The molecular formula is C14H19N3O5S. The van der Waals surface area contributed by atoms with E-state index in [1.807, 2.05) is 0 Å². The van der Waals surface area contributed by atoms with E-state index in [9.17, 15) is 23.3 Å². The lowest BCUT2D eigenvalue weighted by Gasteiger charge is -2.30. The van der Waals surface area contributed by atoms with Gasteiger partial charge in [0.1, 0.15) is 0 Å². The number of hydrogen-bond donors (Lipinski definition) is 1. The molecule has 1 saturated heterocycles. The van der Waals surface area contributed by atoms with Crippen LogP contribution in [0.5, 0.6) is 0 Å². The number of carbonyl (C=O) groups is 1. The average Bonchev–Trinajstić information content (AvgIpc) is 2.47. The topological polar surface area (TPSA) is 110 Å². The lowest BCUT2D eigenvalue weighted by molar-refractivity contribution is -0.385. The van der Waals surface area contributed by atoms with Crippen LogP contribution in [-0.2, 0) is 10.0 Å². The summed E-state index contributed by atoms with van der Waals surface area (Å²) in [4.78, 5) is 22.6. The van der Waals surface area contributed by atoms with Gasteiger partial charge in [0.2, 0.25) is 10.0 Å². The summed E-state index contributed by atoms with van der Waals surface area (Å²) in [6, 6.07) is 4.21. The van der Waals surface area contributed by atoms with Crippen LogP contribution in [0.3, 0.4) is 0 Å². The van der Waals surface area contributed by atoms with Crippen molar-refractivity contribution < 1.29 is 18.1 Å². The van der Waals surface area contributed by atoms with Crippen LogP contribution in [0.1, 0.15) is 28.8 Å². The van der Waals surface area contributed by atoms with Gasteiger partial charge in [-0.3, -0.25) is 14.9 Å². The maximum absolute atomic E-state index is 12.2. The Morgan fingerprint density at radius 2 is 1.96 bits per heavy atom. The minimum atomic E-state index is -3.20. The Hall–Kier alpha value is -2.00. The van der Waals surface area contributed by atoms with E-state index in [4.69, 9.17) is 0 Å². The number of nitrogens with zero attached hydrogens (tertiary/aromatic N) is 2. The monoisotopic (exact) mass is 341 g/mol. The van der Waals surface area contributed by atoms with E-state index >= 15 is 0 Å². The molecule has 1 N–H and O–H groups in total. The molecule has 1 aromatic carbocycles. The standard InChI is InChI=1S/C14H19N3O5S/c1-10-3-4-11(9-13(10)17(19)20)14(18)15-12-5-7-16(8-6-12)23(2,21)22/h3-4,9,12H,5-8H2,1-2H3,(H,15,18). The highest BCUT2D eigenvalue weighted by Gasteiger charge is 2.26. The fraction of sp³-hybridized carbons (Fsp3) is 0.500. The first-order valence-corrected chi connectivity index (χ1v) is 9.04. The van der Waals surface area contributed by atoms with Gasteiger partial charge in [-0.2, -0.15) is 0 Å². The Morgan fingerprint density at radius 1 is 1.35 bits per heavy atom. The molecule has 1 heterocycles. The van der Waals surface area contributed by atoms with Gasteiger partial charge in [0.15, 0.2) is 0 Å². The average molecular weight is 341 g/mol. The molecule has 9 heteroatoms. The molecule has 1 aliphatic heterocycles. The number of benzene rings is 1. The Kier molecular flexibility index (Phi) is 5.00. The summed E-state index contributed by atoms with van der Waals surface area (Å²) in [5.41, 5.74) is 0.630. The number of hydrogen-bond acceptors (Lipinski definition) is 5. The molecule has 0 bridgehead atoms. The highest BCUT2D eigenvalue weighted by molar-refractivity contribution is 7.88. The van der Waals surface area contributed by atoms with Crippen molar-refractivity contribution in [3.05, 3.63) is 39.4 Å². The van der Waals surface area contributed by atoms with Crippen LogP contribution >= 0.6 is 0 Å². The van der Waals surface area contributed by atoms with E-state index in [0.29, 0.717) is 31.5 Å². The molecule has 126 valence electrons. The molecule has 0 aliphatic carbocycles. The molecule has 1 fully saturated rings. The van der Waals surface area contributed by atoms with Crippen LogP contribution in [0.15, 0.2) is 18.2 Å². The number of sulfonamides is 1. The summed E-state index contributed by atoms with van der Waals surface area (Å²) >= 11 is 0. The van der Waals surface area contributed by atoms with Gasteiger partial charge in [-0.05, 0) is 25.8 Å². The van der Waals surface area contributed by atoms with Crippen LogP contribution in [0.4, 0.5) is 5.69 Å². The number of nitro benzene ring substituents is 1. The van der Waals surface area contributed by atoms with Gasteiger partial charge < -0.3 is 5.32 Å². The van der Waals surface area contributed by atoms with Crippen molar-refractivity contribution in [3.8, 4) is 0 Å². The van der Waals surface area contributed by atoms with Crippen LogP contribution in [0.2, 0.25) is 0 Å². The summed E-state index contributed by atoms with van der Waals surface area (Å²) in [6.07, 6.45) is 2.21. The van der Waals surface area contributed by atoms with Gasteiger partial charge in [-0.1, -0.05) is 6.07 Å². The van der Waals surface area contributed by atoms with Crippen molar-refractivity contribution in [1.29, 1.82) is 0 Å². The number of nitro groups is 1. The lowest BCUT2D eigenvalue weighted by atomic mass is 10.1. The first-order valence-electron chi connectivity index (χ1n) is 7.19. The minimum Gasteiger partial charge on any atom is -0.349 e. The Morgan fingerprint density at radius 3 is 2.48 bits per heavy atom. The molecule has 0 spiro atoms. The Bertz CT molecular complexity index is 724. The van der Waals surface area contributed by atoms with Gasteiger partial charge >= 0.3 is 0 Å². The van der Waals surface area contributed by atoms with Crippen molar-refractivity contribution in [2.24, 2.45) is 0 Å². The zero-order valence-corrected chi connectivity index (χ0v) is 13.8. The smallest absolute Gasteiger partial charge is 0.273 e. The summed E-state index contributed by atoms with van der Waals surface area (Å²) in [5, 5.41) is 13.7. The number of carbonyl (C=O) groups excluding carboxylic acids is 1. The molecule has 0 atom stereocenters. The van der Waals surface area contributed by atoms with Crippen LogP contribution in [0, 0.1) is 17.0 Å². The van der Waals surface area contributed by atoms with Crippen LogP contribution in [0.25, 0.3) is 0 Å². The molecule has 2 rings (SSSR count). The molecule has 0 saturated carbocycles.